The van der Waals surface area contributed by atoms with Crippen LogP contribution in [0.3, 0.4) is 0 Å². The minimum Gasteiger partial charge on any atom is -0.467 e. The van der Waals surface area contributed by atoms with E-state index in [4.69, 9.17) is 0 Å². The molecular formula is C10H10N2O3. The van der Waals surface area contributed by atoms with E-state index in [0.29, 0.717) is 11.2 Å². The van der Waals surface area contributed by atoms with Crippen molar-refractivity contribution >= 4 is 17.0 Å². The summed E-state index contributed by atoms with van der Waals surface area (Å²) >= 11 is 0. The molecule has 2 aromatic heterocycles. The fraction of sp³-hybridized carbons (Fsp3) is 0.200. The quantitative estimate of drug-likeness (QED) is 0.711. The number of fused-ring (bicyclic) bond motifs is 1. The Labute approximate surface area is 85.7 Å². The van der Waals surface area contributed by atoms with Gasteiger partial charge >= 0.3 is 5.97 Å². The largest absolute Gasteiger partial charge is 0.467 e. The van der Waals surface area contributed by atoms with Crippen molar-refractivity contribution in [3.63, 3.8) is 0 Å². The summed E-state index contributed by atoms with van der Waals surface area (Å²) in [7, 11) is 1.23. The van der Waals surface area contributed by atoms with Crippen molar-refractivity contribution in [1.82, 2.24) is 9.97 Å². The molecule has 78 valence electrons. The molecule has 0 saturated carbocycles. The topological polar surface area (TPSA) is 75.2 Å². The summed E-state index contributed by atoms with van der Waals surface area (Å²) < 4.78 is 4.46. The van der Waals surface area contributed by atoms with Gasteiger partial charge in [-0.05, 0) is 12.1 Å². The molecule has 0 bridgehead atoms. The molecule has 2 aromatic rings. The summed E-state index contributed by atoms with van der Waals surface area (Å²) in [6.45, 7) is 0. The summed E-state index contributed by atoms with van der Waals surface area (Å²) in [4.78, 5) is 18.1. The van der Waals surface area contributed by atoms with Gasteiger partial charge in [0.25, 0.3) is 0 Å². The summed E-state index contributed by atoms with van der Waals surface area (Å²) in [5.74, 6) is -0.681. The van der Waals surface area contributed by atoms with Gasteiger partial charge in [0.1, 0.15) is 5.65 Å². The van der Waals surface area contributed by atoms with Gasteiger partial charge in [-0.15, -0.1) is 0 Å². The average molecular weight is 206 g/mol. The number of aliphatic hydroxyl groups is 1. The molecule has 2 N–H and O–H groups in total. The molecule has 0 aromatic carbocycles. The Bertz CT molecular complexity index is 492. The fourth-order valence-corrected chi connectivity index (χ4v) is 1.44. The normalized spacial score (nSPS) is 12.7. The van der Waals surface area contributed by atoms with Gasteiger partial charge in [0, 0.05) is 23.3 Å². The molecule has 15 heavy (non-hydrogen) atoms. The van der Waals surface area contributed by atoms with Crippen LogP contribution in [0.1, 0.15) is 11.7 Å². The van der Waals surface area contributed by atoms with Gasteiger partial charge in [-0.3, -0.25) is 0 Å². The first kappa shape index (κ1) is 9.67. The fourth-order valence-electron chi connectivity index (χ4n) is 1.44. The first-order valence-electron chi connectivity index (χ1n) is 4.42. The molecule has 1 unspecified atom stereocenters. The van der Waals surface area contributed by atoms with Gasteiger partial charge in [-0.2, -0.15) is 0 Å². The summed E-state index contributed by atoms with van der Waals surface area (Å²) in [6.07, 6.45) is 1.92. The zero-order valence-corrected chi connectivity index (χ0v) is 8.10. The van der Waals surface area contributed by atoms with Crippen molar-refractivity contribution in [2.24, 2.45) is 0 Å². The third-order valence-corrected chi connectivity index (χ3v) is 2.20. The maximum Gasteiger partial charge on any atom is 0.339 e. The number of pyridine rings is 1. The first-order valence-corrected chi connectivity index (χ1v) is 4.42. The first-order chi connectivity index (χ1) is 7.24. The third-order valence-electron chi connectivity index (χ3n) is 2.20. The number of hydrogen-bond donors (Lipinski definition) is 2. The Morgan fingerprint density at radius 1 is 1.67 bits per heavy atom. The molecule has 5 heteroatoms. The van der Waals surface area contributed by atoms with Crippen molar-refractivity contribution in [1.29, 1.82) is 0 Å². The second-order valence-corrected chi connectivity index (χ2v) is 3.07. The minimum absolute atomic E-state index is 0.477. The van der Waals surface area contributed by atoms with Crippen LogP contribution in [0.2, 0.25) is 0 Å². The Hall–Kier alpha value is -1.88. The van der Waals surface area contributed by atoms with Gasteiger partial charge in [-0.25, -0.2) is 9.78 Å². The highest BCUT2D eigenvalue weighted by Crippen LogP contribution is 2.23. The van der Waals surface area contributed by atoms with E-state index in [-0.39, 0.29) is 0 Å². The lowest BCUT2D eigenvalue weighted by molar-refractivity contribution is -0.150. The van der Waals surface area contributed by atoms with Crippen LogP contribution in [0.4, 0.5) is 0 Å². The number of ether oxygens (including phenoxy) is 1. The molecule has 0 amide bonds. The van der Waals surface area contributed by atoms with Crippen LogP contribution in [0.25, 0.3) is 11.0 Å². The van der Waals surface area contributed by atoms with Crippen molar-refractivity contribution in [2.45, 2.75) is 6.10 Å². The molecule has 0 aliphatic rings. The highest BCUT2D eigenvalue weighted by atomic mass is 16.5. The van der Waals surface area contributed by atoms with E-state index >= 15 is 0 Å². The lowest BCUT2D eigenvalue weighted by Gasteiger charge is -2.06. The molecule has 2 heterocycles. The predicted octanol–water partition coefficient (Wildman–Crippen LogP) is 0.769. The van der Waals surface area contributed by atoms with Crippen LogP contribution in [0.5, 0.6) is 0 Å². The van der Waals surface area contributed by atoms with Gasteiger partial charge in [0.2, 0.25) is 0 Å². The van der Waals surface area contributed by atoms with E-state index in [1.807, 2.05) is 0 Å². The number of carbonyl (C=O) groups is 1. The van der Waals surface area contributed by atoms with Crippen LogP contribution in [0, 0.1) is 0 Å². The Morgan fingerprint density at radius 3 is 3.20 bits per heavy atom. The molecular weight excluding hydrogens is 196 g/mol. The number of rotatable bonds is 2. The number of carbonyl (C=O) groups excluding carboxylic acids is 1. The van der Waals surface area contributed by atoms with E-state index in [1.54, 1.807) is 24.5 Å². The summed E-state index contributed by atoms with van der Waals surface area (Å²) in [5, 5.41) is 10.4. The maximum absolute atomic E-state index is 11.1. The lowest BCUT2D eigenvalue weighted by Crippen LogP contribution is -2.12. The number of nitrogens with one attached hydrogen (secondary N) is 1. The lowest BCUT2D eigenvalue weighted by atomic mass is 10.1. The van der Waals surface area contributed by atoms with Crippen molar-refractivity contribution in [3.8, 4) is 0 Å². The molecule has 0 fully saturated rings. The number of esters is 1. The number of aliphatic hydroxyl groups excluding tert-OH is 1. The maximum atomic E-state index is 11.1. The Balaban J connectivity index is 2.48. The smallest absolute Gasteiger partial charge is 0.339 e. The summed E-state index contributed by atoms with van der Waals surface area (Å²) in [5.41, 5.74) is 1.11. The minimum atomic E-state index is -1.27. The van der Waals surface area contributed by atoms with Crippen LogP contribution >= 0.6 is 0 Å². The van der Waals surface area contributed by atoms with Crippen molar-refractivity contribution in [2.75, 3.05) is 7.11 Å². The summed E-state index contributed by atoms with van der Waals surface area (Å²) in [6, 6.07) is 3.52. The van der Waals surface area contributed by atoms with Crippen molar-refractivity contribution in [3.05, 3.63) is 30.1 Å². The van der Waals surface area contributed by atoms with E-state index in [1.165, 1.54) is 7.11 Å². The number of aromatic nitrogens is 2. The SMILES string of the molecule is COC(=O)C(O)c1c[nH]c2ncccc12. The van der Waals surface area contributed by atoms with Gasteiger partial charge in [-0.1, -0.05) is 0 Å². The average Bonchev–Trinajstić information content (AvgIpc) is 2.70. The zero-order chi connectivity index (χ0) is 10.8. The standard InChI is InChI=1S/C10H10N2O3/c1-15-10(14)8(13)7-5-12-9-6(7)3-2-4-11-9/h2-5,8,13H,1H3,(H,11,12). The molecule has 0 saturated heterocycles. The van der Waals surface area contributed by atoms with Crippen molar-refractivity contribution < 1.29 is 14.6 Å². The van der Waals surface area contributed by atoms with Gasteiger partial charge in [0.05, 0.1) is 7.11 Å². The number of hydrogen-bond acceptors (Lipinski definition) is 4. The molecule has 0 spiro atoms. The number of methoxy groups -OCH3 is 1. The molecule has 5 nitrogen and oxygen atoms in total. The van der Waals surface area contributed by atoms with Crippen LogP contribution in [-0.2, 0) is 9.53 Å². The van der Waals surface area contributed by atoms with Gasteiger partial charge in [0.15, 0.2) is 6.10 Å². The molecule has 1 atom stereocenters. The second-order valence-electron chi connectivity index (χ2n) is 3.07. The van der Waals surface area contributed by atoms with Gasteiger partial charge < -0.3 is 14.8 Å². The second kappa shape index (κ2) is 3.70. The van der Waals surface area contributed by atoms with E-state index in [2.05, 4.69) is 14.7 Å². The molecule has 0 aliphatic carbocycles. The number of aromatic amines is 1. The number of nitrogens with zero attached hydrogens (tertiary/aromatic N) is 1. The molecule has 0 radical (unpaired) electrons. The van der Waals surface area contributed by atoms with E-state index in [9.17, 15) is 9.90 Å². The molecule has 0 aliphatic heterocycles. The monoisotopic (exact) mass is 206 g/mol. The number of H-pyrrole nitrogens is 1. The highest BCUT2D eigenvalue weighted by molar-refractivity contribution is 5.86. The molecule has 2 rings (SSSR count). The third kappa shape index (κ3) is 1.57. The van der Waals surface area contributed by atoms with Crippen LogP contribution in [0.15, 0.2) is 24.5 Å². The van der Waals surface area contributed by atoms with Crippen LogP contribution in [-0.4, -0.2) is 28.2 Å². The van der Waals surface area contributed by atoms with E-state index < -0.39 is 12.1 Å². The highest BCUT2D eigenvalue weighted by Gasteiger charge is 2.21. The zero-order valence-electron chi connectivity index (χ0n) is 8.10. The van der Waals surface area contributed by atoms with E-state index in [0.717, 1.165) is 5.39 Å². The van der Waals surface area contributed by atoms with Crippen LogP contribution < -0.4 is 0 Å². The predicted molar refractivity (Wildman–Crippen MR) is 53.1 cm³/mol. The Kier molecular flexibility index (Phi) is 2.39. The Morgan fingerprint density at radius 2 is 2.47 bits per heavy atom.